The molecule has 1 amide bonds. The molecule has 0 aliphatic heterocycles. The number of nitrogens with zero attached hydrogens (tertiary/aromatic N) is 2. The summed E-state index contributed by atoms with van der Waals surface area (Å²) in [4.78, 5) is 47.9. The van der Waals surface area contributed by atoms with Gasteiger partial charge < -0.3 is 19.5 Å². The monoisotopic (exact) mass is 571 g/mol. The summed E-state index contributed by atoms with van der Waals surface area (Å²) >= 11 is 3.76. The molecule has 0 saturated heterocycles. The molecular weight excluding hydrogens is 547 g/mol. The van der Waals surface area contributed by atoms with Gasteiger partial charge in [-0.2, -0.15) is 0 Å². The molecule has 3 aromatic heterocycles. The van der Waals surface area contributed by atoms with Gasteiger partial charge in [0.1, 0.15) is 31.8 Å². The third-order valence-electron chi connectivity index (χ3n) is 5.42. The van der Waals surface area contributed by atoms with Crippen molar-refractivity contribution >= 4 is 67.5 Å². The zero-order chi connectivity index (χ0) is 27.2. The summed E-state index contributed by atoms with van der Waals surface area (Å²) in [6, 6.07) is 7.70. The second-order valence-electron chi connectivity index (χ2n) is 7.77. The molecule has 0 bridgehead atoms. The van der Waals surface area contributed by atoms with Gasteiger partial charge in [0.05, 0.1) is 37.0 Å². The molecule has 0 atom stereocenters. The third-order valence-corrected chi connectivity index (χ3v) is 8.48. The van der Waals surface area contributed by atoms with Crippen molar-refractivity contribution in [2.24, 2.45) is 0 Å². The fourth-order valence-corrected chi connectivity index (χ4v) is 6.58. The molecule has 0 saturated carbocycles. The van der Waals surface area contributed by atoms with Gasteiger partial charge in [0.2, 0.25) is 5.91 Å². The number of benzene rings is 1. The van der Waals surface area contributed by atoms with Crippen LogP contribution in [0.25, 0.3) is 21.3 Å². The number of carbonyl (C=O) groups excluding carboxylic acids is 3. The van der Waals surface area contributed by atoms with Crippen LogP contribution in [0, 0.1) is 6.92 Å². The maximum absolute atomic E-state index is 13.0. The Morgan fingerprint density at radius 3 is 2.42 bits per heavy atom. The Bertz CT molecular complexity index is 1480. The van der Waals surface area contributed by atoms with E-state index >= 15 is 0 Å². The number of hydrogen-bond acceptors (Lipinski definition) is 11. The van der Waals surface area contributed by atoms with E-state index in [9.17, 15) is 14.4 Å². The molecule has 12 heteroatoms. The maximum atomic E-state index is 13.0. The lowest BCUT2D eigenvalue weighted by Crippen LogP contribution is -2.16. The molecule has 0 aliphatic rings. The maximum Gasteiger partial charge on any atom is 0.348 e. The number of rotatable bonds is 10. The first-order valence-corrected chi connectivity index (χ1v) is 14.3. The first-order chi connectivity index (χ1) is 18.4. The van der Waals surface area contributed by atoms with Gasteiger partial charge in [0, 0.05) is 10.9 Å². The predicted octanol–water partition coefficient (Wildman–Crippen LogP) is 5.82. The second kappa shape index (κ2) is 12.4. The third kappa shape index (κ3) is 5.82. The molecule has 0 fully saturated rings. The zero-order valence-electron chi connectivity index (χ0n) is 21.2. The first kappa shape index (κ1) is 27.6. The Morgan fingerprint density at radius 2 is 1.74 bits per heavy atom. The quantitative estimate of drug-likeness (QED) is 0.143. The number of fused-ring (bicyclic) bond motifs is 1. The highest BCUT2D eigenvalue weighted by Gasteiger charge is 2.27. The Labute approximate surface area is 231 Å². The number of anilines is 1. The summed E-state index contributed by atoms with van der Waals surface area (Å²) in [6.45, 7) is 5.37. The van der Waals surface area contributed by atoms with Gasteiger partial charge in [-0.3, -0.25) is 4.79 Å². The zero-order valence-corrected chi connectivity index (χ0v) is 23.6. The summed E-state index contributed by atoms with van der Waals surface area (Å²) in [5, 5.41) is 6.57. The summed E-state index contributed by atoms with van der Waals surface area (Å²) in [5.41, 5.74) is 2.52. The molecule has 4 aromatic rings. The molecule has 9 nitrogen and oxygen atoms in total. The lowest BCUT2D eigenvalue weighted by Gasteiger charge is -2.08. The van der Waals surface area contributed by atoms with Crippen LogP contribution in [0.1, 0.15) is 39.4 Å². The molecule has 198 valence electrons. The number of hydrogen-bond donors (Lipinski definition) is 1. The van der Waals surface area contributed by atoms with E-state index in [4.69, 9.17) is 14.2 Å². The molecule has 38 heavy (non-hydrogen) atoms. The molecule has 0 radical (unpaired) electrons. The van der Waals surface area contributed by atoms with Crippen molar-refractivity contribution in [1.82, 2.24) is 9.97 Å². The van der Waals surface area contributed by atoms with Crippen molar-refractivity contribution in [3.63, 3.8) is 0 Å². The Morgan fingerprint density at radius 1 is 1.03 bits per heavy atom. The largest absolute Gasteiger partial charge is 0.497 e. The van der Waals surface area contributed by atoms with Crippen LogP contribution >= 0.6 is 34.4 Å². The SMILES string of the molecule is CCOC(=O)c1sc(NC(=O)CSc2ncnc3scc(-c4ccc(OC)cc4)c23)c(C(=O)OCC)c1C. The number of thioether (sulfide) groups is 1. The highest BCUT2D eigenvalue weighted by Crippen LogP contribution is 2.39. The van der Waals surface area contributed by atoms with Crippen LogP contribution in [0.2, 0.25) is 0 Å². The number of carbonyl (C=O) groups is 3. The smallest absolute Gasteiger partial charge is 0.348 e. The highest BCUT2D eigenvalue weighted by atomic mass is 32.2. The first-order valence-electron chi connectivity index (χ1n) is 11.6. The second-order valence-corrected chi connectivity index (χ2v) is 10.6. The van der Waals surface area contributed by atoms with E-state index in [1.807, 2.05) is 29.6 Å². The number of aromatic nitrogens is 2. The molecule has 0 aliphatic carbocycles. The lowest BCUT2D eigenvalue weighted by atomic mass is 10.1. The van der Waals surface area contributed by atoms with Crippen molar-refractivity contribution in [2.45, 2.75) is 25.8 Å². The molecule has 0 spiro atoms. The topological polar surface area (TPSA) is 117 Å². The highest BCUT2D eigenvalue weighted by molar-refractivity contribution is 8.00. The van der Waals surface area contributed by atoms with E-state index in [2.05, 4.69) is 15.3 Å². The molecule has 1 aromatic carbocycles. The van der Waals surface area contributed by atoms with Gasteiger partial charge in [-0.25, -0.2) is 19.6 Å². The van der Waals surface area contributed by atoms with E-state index in [1.54, 1.807) is 27.9 Å². The van der Waals surface area contributed by atoms with Crippen molar-refractivity contribution in [3.8, 4) is 16.9 Å². The Balaban J connectivity index is 1.57. The van der Waals surface area contributed by atoms with Crippen molar-refractivity contribution in [2.75, 3.05) is 31.4 Å². The lowest BCUT2D eigenvalue weighted by molar-refractivity contribution is -0.113. The number of esters is 2. The average Bonchev–Trinajstić information content (AvgIpc) is 3.49. The van der Waals surface area contributed by atoms with Gasteiger partial charge in [-0.05, 0) is 44.0 Å². The van der Waals surface area contributed by atoms with Gasteiger partial charge in [0.25, 0.3) is 0 Å². The van der Waals surface area contributed by atoms with Crippen LogP contribution in [0.3, 0.4) is 0 Å². The van der Waals surface area contributed by atoms with E-state index in [-0.39, 0.29) is 40.3 Å². The van der Waals surface area contributed by atoms with Gasteiger partial charge in [0.15, 0.2) is 0 Å². The Kier molecular flexibility index (Phi) is 8.97. The molecular formula is C26H25N3O6S3. The number of thiophene rings is 2. The number of ether oxygens (including phenoxy) is 3. The number of amides is 1. The normalized spacial score (nSPS) is 10.8. The fourth-order valence-electron chi connectivity index (χ4n) is 3.68. The van der Waals surface area contributed by atoms with Crippen molar-refractivity contribution < 1.29 is 28.6 Å². The summed E-state index contributed by atoms with van der Waals surface area (Å²) < 4.78 is 15.5. The van der Waals surface area contributed by atoms with Gasteiger partial charge in [-0.1, -0.05) is 23.9 Å². The molecule has 3 heterocycles. The van der Waals surface area contributed by atoms with Crippen LogP contribution in [-0.4, -0.2) is 53.9 Å². The van der Waals surface area contributed by atoms with Crippen LogP contribution in [0.15, 0.2) is 41.0 Å². The minimum atomic E-state index is -0.611. The van der Waals surface area contributed by atoms with Crippen LogP contribution < -0.4 is 10.1 Å². The summed E-state index contributed by atoms with van der Waals surface area (Å²) in [6.07, 6.45) is 1.48. The van der Waals surface area contributed by atoms with E-state index < -0.39 is 11.9 Å². The van der Waals surface area contributed by atoms with E-state index in [0.29, 0.717) is 10.6 Å². The molecule has 1 N–H and O–H groups in total. The van der Waals surface area contributed by atoms with E-state index in [0.717, 1.165) is 38.4 Å². The fraction of sp³-hybridized carbons (Fsp3) is 0.269. The van der Waals surface area contributed by atoms with Crippen LogP contribution in [-0.2, 0) is 14.3 Å². The van der Waals surface area contributed by atoms with Crippen LogP contribution in [0.5, 0.6) is 5.75 Å². The minimum absolute atomic E-state index is 0.0258. The predicted molar refractivity (Wildman–Crippen MR) is 150 cm³/mol. The van der Waals surface area contributed by atoms with Crippen LogP contribution in [0.4, 0.5) is 5.00 Å². The number of nitrogens with one attached hydrogen (secondary N) is 1. The minimum Gasteiger partial charge on any atom is -0.497 e. The van der Waals surface area contributed by atoms with Crippen molar-refractivity contribution in [1.29, 1.82) is 0 Å². The number of methoxy groups -OCH3 is 1. The standard InChI is InChI=1S/C26H25N3O6S3/c1-5-34-25(31)19-14(3)21(26(32)35-6-2)38-24(19)29-18(30)12-37-23-20-17(11-36-22(20)27-13-28-23)15-7-9-16(33-4)10-8-15/h7-11,13H,5-6,12H2,1-4H3,(H,29,30). The summed E-state index contributed by atoms with van der Waals surface area (Å²) in [7, 11) is 1.62. The molecule has 4 rings (SSSR count). The van der Waals surface area contributed by atoms with Gasteiger partial charge in [-0.15, -0.1) is 22.7 Å². The summed E-state index contributed by atoms with van der Waals surface area (Å²) in [5.74, 6) is -0.738. The van der Waals surface area contributed by atoms with Gasteiger partial charge >= 0.3 is 11.9 Å². The molecule has 0 unspecified atom stereocenters. The van der Waals surface area contributed by atoms with E-state index in [1.165, 1.54) is 29.4 Å². The van der Waals surface area contributed by atoms with Crippen molar-refractivity contribution in [3.05, 3.63) is 52.0 Å². The average molecular weight is 572 g/mol. The Hall–Kier alpha value is -3.48.